The average molecular weight is 260 g/mol. The van der Waals surface area contributed by atoms with Gasteiger partial charge in [0.1, 0.15) is 5.75 Å². The van der Waals surface area contributed by atoms with Crippen LogP contribution in [0.2, 0.25) is 0 Å². The molecule has 1 fully saturated rings. The molecule has 1 saturated carbocycles. The van der Waals surface area contributed by atoms with Gasteiger partial charge in [-0.05, 0) is 31.4 Å². The Labute approximate surface area is 116 Å². The molecule has 1 aliphatic carbocycles. The quantitative estimate of drug-likeness (QED) is 0.570. The highest BCUT2D eigenvalue weighted by Crippen LogP contribution is 2.29. The number of ketones is 1. The molecular weight excluding hydrogens is 236 g/mol. The van der Waals surface area contributed by atoms with E-state index in [0.29, 0.717) is 6.61 Å². The molecule has 0 amide bonds. The minimum atomic E-state index is 0.203. The highest BCUT2D eigenvalue weighted by molar-refractivity contribution is 6.00. The summed E-state index contributed by atoms with van der Waals surface area (Å²) in [5.74, 6) is 1.25. The predicted octanol–water partition coefficient (Wildman–Crippen LogP) is 4.63. The van der Waals surface area contributed by atoms with Crippen molar-refractivity contribution in [1.82, 2.24) is 0 Å². The molecule has 0 atom stereocenters. The Hall–Kier alpha value is -1.31. The molecule has 0 spiro atoms. The standard InChI is InChI=1S/C17H24O2/c1-2-13-19-16-12-8-7-11-15(16)17(18)14-9-5-3-4-6-10-14/h7-8,11-12,14H,2-6,9-10,13H2,1H3. The minimum Gasteiger partial charge on any atom is -0.493 e. The maximum absolute atomic E-state index is 12.7. The fraction of sp³-hybridized carbons (Fsp3) is 0.588. The lowest BCUT2D eigenvalue weighted by molar-refractivity contribution is 0.0903. The van der Waals surface area contributed by atoms with Crippen molar-refractivity contribution in [1.29, 1.82) is 0 Å². The van der Waals surface area contributed by atoms with Gasteiger partial charge in [0.05, 0.1) is 12.2 Å². The monoisotopic (exact) mass is 260 g/mol. The molecule has 0 unspecified atom stereocenters. The number of benzene rings is 1. The van der Waals surface area contributed by atoms with Crippen LogP contribution >= 0.6 is 0 Å². The Kier molecular flexibility index (Phi) is 5.44. The van der Waals surface area contributed by atoms with Gasteiger partial charge in [-0.2, -0.15) is 0 Å². The Morgan fingerprint density at radius 2 is 1.84 bits per heavy atom. The first kappa shape index (κ1) is 14.1. The zero-order valence-electron chi connectivity index (χ0n) is 11.9. The van der Waals surface area contributed by atoms with Crippen LogP contribution in [0.15, 0.2) is 24.3 Å². The molecule has 104 valence electrons. The third kappa shape index (κ3) is 3.82. The summed E-state index contributed by atoms with van der Waals surface area (Å²) in [6.07, 6.45) is 7.98. The Morgan fingerprint density at radius 1 is 1.16 bits per heavy atom. The molecule has 0 bridgehead atoms. The van der Waals surface area contributed by atoms with E-state index < -0.39 is 0 Å². The number of carbonyl (C=O) groups excluding carboxylic acids is 1. The van der Waals surface area contributed by atoms with Gasteiger partial charge < -0.3 is 4.74 Å². The number of ether oxygens (including phenoxy) is 1. The van der Waals surface area contributed by atoms with Crippen LogP contribution in [0.5, 0.6) is 5.75 Å². The molecule has 0 heterocycles. The zero-order valence-corrected chi connectivity index (χ0v) is 11.9. The second kappa shape index (κ2) is 7.32. The topological polar surface area (TPSA) is 26.3 Å². The summed E-state index contributed by atoms with van der Waals surface area (Å²) in [5, 5.41) is 0. The van der Waals surface area contributed by atoms with Crippen LogP contribution in [0.4, 0.5) is 0 Å². The van der Waals surface area contributed by atoms with E-state index >= 15 is 0 Å². The van der Waals surface area contributed by atoms with Gasteiger partial charge in [0.25, 0.3) is 0 Å². The van der Waals surface area contributed by atoms with Crippen molar-refractivity contribution in [2.75, 3.05) is 6.61 Å². The number of Topliss-reactive ketones (excluding diaryl/α,β-unsaturated/α-hetero) is 1. The number of para-hydroxylation sites is 1. The van der Waals surface area contributed by atoms with Crippen LogP contribution in [-0.2, 0) is 0 Å². The van der Waals surface area contributed by atoms with Gasteiger partial charge in [-0.25, -0.2) is 0 Å². The normalized spacial score (nSPS) is 16.9. The van der Waals surface area contributed by atoms with Gasteiger partial charge in [-0.15, -0.1) is 0 Å². The predicted molar refractivity (Wildman–Crippen MR) is 77.8 cm³/mol. The number of hydrogen-bond acceptors (Lipinski definition) is 2. The summed E-state index contributed by atoms with van der Waals surface area (Å²) in [4.78, 5) is 12.7. The fourth-order valence-corrected chi connectivity index (χ4v) is 2.77. The van der Waals surface area contributed by atoms with E-state index in [9.17, 15) is 4.79 Å². The molecular formula is C17H24O2. The summed E-state index contributed by atoms with van der Waals surface area (Å²) in [6, 6.07) is 7.70. The lowest BCUT2D eigenvalue weighted by atomic mass is 9.90. The first-order chi connectivity index (χ1) is 9.33. The van der Waals surface area contributed by atoms with E-state index in [4.69, 9.17) is 4.74 Å². The fourth-order valence-electron chi connectivity index (χ4n) is 2.77. The van der Waals surface area contributed by atoms with E-state index in [1.165, 1.54) is 25.7 Å². The number of carbonyl (C=O) groups is 1. The maximum Gasteiger partial charge on any atom is 0.169 e. The van der Waals surface area contributed by atoms with Gasteiger partial charge in [0.15, 0.2) is 5.78 Å². The summed E-state index contributed by atoms with van der Waals surface area (Å²) >= 11 is 0. The largest absolute Gasteiger partial charge is 0.493 e. The highest BCUT2D eigenvalue weighted by atomic mass is 16.5. The lowest BCUT2D eigenvalue weighted by Crippen LogP contribution is -2.15. The first-order valence-electron chi connectivity index (χ1n) is 7.59. The molecule has 19 heavy (non-hydrogen) atoms. The van der Waals surface area contributed by atoms with Gasteiger partial charge in [0.2, 0.25) is 0 Å². The number of hydrogen-bond donors (Lipinski definition) is 0. The van der Waals surface area contributed by atoms with Crippen molar-refractivity contribution in [2.45, 2.75) is 51.9 Å². The van der Waals surface area contributed by atoms with Crippen LogP contribution in [0.1, 0.15) is 62.2 Å². The molecule has 0 aliphatic heterocycles. The van der Waals surface area contributed by atoms with E-state index in [0.717, 1.165) is 30.6 Å². The van der Waals surface area contributed by atoms with E-state index in [1.807, 2.05) is 24.3 Å². The molecule has 1 aliphatic rings. The molecule has 0 radical (unpaired) electrons. The van der Waals surface area contributed by atoms with Crippen molar-refractivity contribution in [3.05, 3.63) is 29.8 Å². The third-order valence-electron chi connectivity index (χ3n) is 3.84. The molecule has 2 nitrogen and oxygen atoms in total. The summed E-state index contributed by atoms with van der Waals surface area (Å²) in [6.45, 7) is 2.75. The molecule has 2 rings (SSSR count). The Bertz CT molecular complexity index is 403. The van der Waals surface area contributed by atoms with Gasteiger partial charge >= 0.3 is 0 Å². The van der Waals surface area contributed by atoms with Crippen LogP contribution < -0.4 is 4.74 Å². The van der Waals surface area contributed by atoms with Crippen molar-refractivity contribution >= 4 is 5.78 Å². The van der Waals surface area contributed by atoms with E-state index in [2.05, 4.69) is 6.92 Å². The second-order valence-corrected chi connectivity index (χ2v) is 5.40. The van der Waals surface area contributed by atoms with Gasteiger partial charge in [-0.1, -0.05) is 44.7 Å². The van der Waals surface area contributed by atoms with E-state index in [1.54, 1.807) is 0 Å². The summed E-state index contributed by atoms with van der Waals surface area (Å²) in [7, 11) is 0. The molecule has 1 aromatic rings. The van der Waals surface area contributed by atoms with Crippen LogP contribution in [0.25, 0.3) is 0 Å². The van der Waals surface area contributed by atoms with Gasteiger partial charge in [-0.3, -0.25) is 4.79 Å². The third-order valence-corrected chi connectivity index (χ3v) is 3.84. The van der Waals surface area contributed by atoms with Gasteiger partial charge in [0, 0.05) is 5.92 Å². The van der Waals surface area contributed by atoms with Crippen LogP contribution in [0.3, 0.4) is 0 Å². The van der Waals surface area contributed by atoms with E-state index in [-0.39, 0.29) is 11.7 Å². The molecule has 1 aromatic carbocycles. The lowest BCUT2D eigenvalue weighted by Gasteiger charge is -2.15. The Morgan fingerprint density at radius 3 is 2.53 bits per heavy atom. The minimum absolute atomic E-state index is 0.203. The molecule has 0 aromatic heterocycles. The highest BCUT2D eigenvalue weighted by Gasteiger charge is 2.23. The van der Waals surface area contributed by atoms with Crippen molar-refractivity contribution < 1.29 is 9.53 Å². The maximum atomic E-state index is 12.7. The number of rotatable bonds is 5. The van der Waals surface area contributed by atoms with Crippen molar-refractivity contribution in [3.8, 4) is 5.75 Å². The smallest absolute Gasteiger partial charge is 0.169 e. The van der Waals surface area contributed by atoms with Crippen molar-refractivity contribution in [2.24, 2.45) is 5.92 Å². The van der Waals surface area contributed by atoms with Crippen LogP contribution in [-0.4, -0.2) is 12.4 Å². The SMILES string of the molecule is CCCOc1ccccc1C(=O)C1CCCCCC1. The Balaban J connectivity index is 2.12. The summed E-state index contributed by atoms with van der Waals surface area (Å²) in [5.41, 5.74) is 0.780. The van der Waals surface area contributed by atoms with Crippen molar-refractivity contribution in [3.63, 3.8) is 0 Å². The summed E-state index contributed by atoms with van der Waals surface area (Å²) < 4.78 is 5.71. The zero-order chi connectivity index (χ0) is 13.5. The average Bonchev–Trinajstić information content (AvgIpc) is 2.73. The first-order valence-corrected chi connectivity index (χ1v) is 7.59. The second-order valence-electron chi connectivity index (χ2n) is 5.40. The molecule has 0 N–H and O–H groups in total. The van der Waals surface area contributed by atoms with Crippen LogP contribution in [0, 0.1) is 5.92 Å². The molecule has 2 heteroatoms. The molecule has 0 saturated heterocycles.